The second-order valence-electron chi connectivity index (χ2n) is 16.9. The Morgan fingerprint density at radius 3 is 1.07 bits per heavy atom. The minimum atomic E-state index is -1.60. The van der Waals surface area contributed by atoms with Crippen LogP contribution in [0.4, 0.5) is 0 Å². The van der Waals surface area contributed by atoms with E-state index in [1.165, 1.54) is 0 Å². The molecule has 0 aliphatic carbocycles. The van der Waals surface area contributed by atoms with Crippen molar-refractivity contribution in [3.63, 3.8) is 0 Å². The molecule has 2 fully saturated rings. The topological polar surface area (TPSA) is 133 Å². The van der Waals surface area contributed by atoms with Gasteiger partial charge in [0, 0.05) is 7.11 Å². The molecule has 0 aromatic heterocycles. The molecular formula is C56H62O12. The van der Waals surface area contributed by atoms with E-state index in [1.807, 2.05) is 182 Å². The van der Waals surface area contributed by atoms with Gasteiger partial charge >= 0.3 is 0 Å². The summed E-state index contributed by atoms with van der Waals surface area (Å²) in [6.07, 6.45) is -11.4. The number of hydrogen-bond acceptors (Lipinski definition) is 12. The van der Waals surface area contributed by atoms with E-state index in [0.717, 1.165) is 33.4 Å². The average molecular weight is 927 g/mol. The Balaban J connectivity index is 1.08. The van der Waals surface area contributed by atoms with Crippen LogP contribution in [0.25, 0.3) is 0 Å². The molecule has 2 aliphatic heterocycles. The van der Waals surface area contributed by atoms with E-state index >= 15 is 0 Å². The SMILES string of the molecule is CO[C@H]1O[C@H](CO[C@H]2O[C@H](COCc3ccccc3)[C@@H](OCc3ccccc3)[C@H](OCc3ccccc3)[C@H](O)[C@H]2O)[C@@H](OCc2ccccc2)[C@H](OCc2ccccc2)[C@H]1OCc1ccccc1. The smallest absolute Gasteiger partial charge is 0.186 e. The van der Waals surface area contributed by atoms with Gasteiger partial charge in [0.1, 0.15) is 54.9 Å². The van der Waals surface area contributed by atoms with Crippen LogP contribution in [0.2, 0.25) is 0 Å². The van der Waals surface area contributed by atoms with Crippen molar-refractivity contribution >= 4 is 0 Å². The van der Waals surface area contributed by atoms with Crippen LogP contribution in [0, 0.1) is 0 Å². The number of hydrogen-bond donors (Lipinski definition) is 2. The molecule has 2 aliphatic rings. The number of methoxy groups -OCH3 is 1. The Kier molecular flexibility index (Phi) is 18.8. The van der Waals surface area contributed by atoms with Crippen molar-refractivity contribution in [3.8, 4) is 0 Å². The van der Waals surface area contributed by atoms with Gasteiger partial charge in [0.25, 0.3) is 0 Å². The fraction of sp³-hybridized carbons (Fsp3) is 0.357. The van der Waals surface area contributed by atoms with Crippen LogP contribution in [-0.4, -0.2) is 98.1 Å². The van der Waals surface area contributed by atoms with Gasteiger partial charge in [-0.1, -0.05) is 182 Å². The number of aliphatic hydroxyl groups excluding tert-OH is 2. The number of benzene rings is 6. The third-order valence-electron chi connectivity index (χ3n) is 12.0. The molecule has 12 heteroatoms. The highest BCUT2D eigenvalue weighted by Crippen LogP contribution is 2.33. The molecule has 0 unspecified atom stereocenters. The number of rotatable bonds is 23. The molecule has 0 bridgehead atoms. The lowest BCUT2D eigenvalue weighted by molar-refractivity contribution is -0.332. The summed E-state index contributed by atoms with van der Waals surface area (Å²) < 4.78 is 65.7. The summed E-state index contributed by atoms with van der Waals surface area (Å²) in [6, 6.07) is 58.7. The third kappa shape index (κ3) is 14.0. The van der Waals surface area contributed by atoms with Crippen molar-refractivity contribution in [2.45, 2.75) is 107 Å². The molecule has 0 spiro atoms. The molecule has 0 saturated carbocycles. The lowest BCUT2D eigenvalue weighted by Crippen LogP contribution is -2.62. The fourth-order valence-electron chi connectivity index (χ4n) is 8.42. The van der Waals surface area contributed by atoms with E-state index in [2.05, 4.69) is 0 Å². The van der Waals surface area contributed by atoms with Gasteiger partial charge in [-0.15, -0.1) is 0 Å². The molecule has 0 radical (unpaired) electrons. The van der Waals surface area contributed by atoms with Gasteiger partial charge < -0.3 is 57.6 Å². The third-order valence-corrected chi connectivity index (χ3v) is 12.0. The van der Waals surface area contributed by atoms with Gasteiger partial charge in [0.05, 0.1) is 52.9 Å². The summed E-state index contributed by atoms with van der Waals surface area (Å²) in [6.45, 7) is 1.18. The summed E-state index contributed by atoms with van der Waals surface area (Å²) >= 11 is 0. The molecule has 2 saturated heterocycles. The van der Waals surface area contributed by atoms with Gasteiger partial charge in [0.15, 0.2) is 12.6 Å². The normalized spacial score (nSPS) is 26.2. The summed E-state index contributed by atoms with van der Waals surface area (Å²) in [5.41, 5.74) is 5.62. The van der Waals surface area contributed by atoms with Crippen LogP contribution in [-0.2, 0) is 87.0 Å². The Morgan fingerprint density at radius 1 is 0.338 bits per heavy atom. The van der Waals surface area contributed by atoms with Crippen molar-refractivity contribution in [2.75, 3.05) is 20.3 Å². The summed E-state index contributed by atoms with van der Waals surface area (Å²) in [7, 11) is 1.56. The van der Waals surface area contributed by atoms with Crippen LogP contribution in [0.5, 0.6) is 0 Å². The first-order chi connectivity index (χ1) is 33.5. The Hall–Kier alpha value is -5.16. The van der Waals surface area contributed by atoms with E-state index in [1.54, 1.807) is 7.11 Å². The minimum absolute atomic E-state index is 0.0170. The zero-order valence-electron chi connectivity index (χ0n) is 38.3. The predicted molar refractivity (Wildman–Crippen MR) is 253 cm³/mol. The molecule has 11 atom stereocenters. The maximum atomic E-state index is 12.2. The molecule has 8 rings (SSSR count). The van der Waals surface area contributed by atoms with E-state index in [-0.39, 0.29) is 52.9 Å². The Morgan fingerprint density at radius 2 is 0.662 bits per heavy atom. The molecule has 2 N–H and O–H groups in total. The van der Waals surface area contributed by atoms with Crippen LogP contribution in [0.1, 0.15) is 33.4 Å². The number of aliphatic hydroxyl groups is 2. The van der Waals surface area contributed by atoms with Crippen LogP contribution < -0.4 is 0 Å². The van der Waals surface area contributed by atoms with Crippen LogP contribution >= 0.6 is 0 Å². The van der Waals surface area contributed by atoms with E-state index in [9.17, 15) is 10.2 Å². The Bertz CT molecular complexity index is 2280. The standard InChI is InChI=1S/C56H62O12/c1-59-56-54(65-37-45-30-18-7-19-31-45)53(64-36-44-28-16-6-17-29-44)51(62-34-42-24-12-4-13-25-42)47(68-56)39-66-55-49(58)48(57)52(63-35-43-26-14-5-15-27-43)50(61-33-41-22-10-3-11-23-41)46(67-55)38-60-32-40-20-8-2-9-21-40/h2-31,46-58H,32-39H2,1H3/t46-,47-,48-,49-,50-,51-,52-,53+,54-,55+,56+/m1/s1. The van der Waals surface area contributed by atoms with Gasteiger partial charge in [-0.3, -0.25) is 0 Å². The summed E-state index contributed by atoms with van der Waals surface area (Å²) in [4.78, 5) is 0. The van der Waals surface area contributed by atoms with E-state index in [4.69, 9.17) is 47.4 Å². The molecule has 12 nitrogen and oxygen atoms in total. The van der Waals surface area contributed by atoms with Gasteiger partial charge in [-0.25, -0.2) is 0 Å². The minimum Gasteiger partial charge on any atom is -0.387 e. The Labute approximate surface area is 399 Å². The molecule has 358 valence electrons. The molecular weight excluding hydrogens is 865 g/mol. The monoisotopic (exact) mass is 926 g/mol. The van der Waals surface area contributed by atoms with Crippen LogP contribution in [0.15, 0.2) is 182 Å². The molecule has 6 aromatic carbocycles. The first-order valence-electron chi connectivity index (χ1n) is 23.2. The van der Waals surface area contributed by atoms with Crippen molar-refractivity contribution in [1.29, 1.82) is 0 Å². The molecule has 68 heavy (non-hydrogen) atoms. The maximum Gasteiger partial charge on any atom is 0.186 e. The largest absolute Gasteiger partial charge is 0.387 e. The first-order valence-corrected chi connectivity index (χ1v) is 23.2. The van der Waals surface area contributed by atoms with Gasteiger partial charge in [0.2, 0.25) is 0 Å². The molecule has 6 aromatic rings. The van der Waals surface area contributed by atoms with Crippen molar-refractivity contribution in [1.82, 2.24) is 0 Å². The highest BCUT2D eigenvalue weighted by molar-refractivity contribution is 5.18. The molecule has 0 amide bonds. The first kappa shape index (κ1) is 49.3. The lowest BCUT2D eigenvalue weighted by Gasteiger charge is -2.45. The zero-order valence-corrected chi connectivity index (χ0v) is 38.3. The van der Waals surface area contributed by atoms with Crippen LogP contribution in [0.3, 0.4) is 0 Å². The summed E-state index contributed by atoms with van der Waals surface area (Å²) in [5.74, 6) is 0. The van der Waals surface area contributed by atoms with Gasteiger partial charge in [-0.2, -0.15) is 0 Å². The number of ether oxygens (including phenoxy) is 10. The summed E-state index contributed by atoms with van der Waals surface area (Å²) in [5, 5.41) is 24.3. The van der Waals surface area contributed by atoms with Gasteiger partial charge in [-0.05, 0) is 33.4 Å². The van der Waals surface area contributed by atoms with E-state index < -0.39 is 67.5 Å². The second-order valence-corrected chi connectivity index (χ2v) is 16.9. The average Bonchev–Trinajstić information content (AvgIpc) is 3.48. The second kappa shape index (κ2) is 26.0. The predicted octanol–water partition coefficient (Wildman–Crippen LogP) is 7.96. The highest BCUT2D eigenvalue weighted by atomic mass is 16.7. The van der Waals surface area contributed by atoms with E-state index in [0.29, 0.717) is 0 Å². The quantitative estimate of drug-likeness (QED) is 0.0646. The van der Waals surface area contributed by atoms with Crippen molar-refractivity contribution in [2.24, 2.45) is 0 Å². The van der Waals surface area contributed by atoms with Crippen molar-refractivity contribution < 1.29 is 57.6 Å². The highest BCUT2D eigenvalue weighted by Gasteiger charge is 2.51. The maximum absolute atomic E-state index is 12.2. The molecule has 2 heterocycles. The van der Waals surface area contributed by atoms with Crippen molar-refractivity contribution in [3.05, 3.63) is 215 Å². The fourth-order valence-corrected chi connectivity index (χ4v) is 8.42. The lowest BCUT2D eigenvalue weighted by atomic mass is 9.97. The zero-order chi connectivity index (χ0) is 46.8.